The van der Waals surface area contributed by atoms with E-state index in [1.807, 2.05) is 0 Å². The lowest BCUT2D eigenvalue weighted by Crippen LogP contribution is -2.49. The molecule has 144 valence electrons. The molecule has 0 amide bonds. The van der Waals surface area contributed by atoms with Crippen LogP contribution >= 0.6 is 12.4 Å². The quantitative estimate of drug-likeness (QED) is 0.726. The number of nitrogens with two attached hydrogens (primary N) is 1. The lowest BCUT2D eigenvalue weighted by Gasteiger charge is -2.28. The number of halogens is 1. The molecule has 0 unspecified atom stereocenters. The Morgan fingerprint density at radius 1 is 1.08 bits per heavy atom. The fourth-order valence-corrected chi connectivity index (χ4v) is 4.56. The molecule has 1 fully saturated rings. The molecule has 1 aromatic carbocycles. The number of ether oxygens (including phenoxy) is 2. The average Bonchev–Trinajstić information content (AvgIpc) is 2.78. The van der Waals surface area contributed by atoms with Crippen molar-refractivity contribution >= 4 is 22.4 Å². The van der Waals surface area contributed by atoms with Crippen molar-refractivity contribution in [2.45, 2.75) is 55.9 Å². The van der Waals surface area contributed by atoms with Crippen LogP contribution in [-0.2, 0) is 10.0 Å². The molecular formula is C17H29ClN2O4S. The van der Waals surface area contributed by atoms with E-state index in [0.29, 0.717) is 17.1 Å². The van der Waals surface area contributed by atoms with Crippen LogP contribution in [0, 0.1) is 6.92 Å². The Balaban J connectivity index is 0.00000312. The predicted octanol–water partition coefficient (Wildman–Crippen LogP) is 2.76. The van der Waals surface area contributed by atoms with Crippen molar-refractivity contribution in [3.05, 3.63) is 17.7 Å². The van der Waals surface area contributed by atoms with E-state index in [1.165, 1.54) is 33.1 Å². The topological polar surface area (TPSA) is 90.7 Å². The fourth-order valence-electron chi connectivity index (χ4n) is 3.18. The summed E-state index contributed by atoms with van der Waals surface area (Å²) in [4.78, 5) is 0.192. The van der Waals surface area contributed by atoms with Gasteiger partial charge in [-0.15, -0.1) is 12.4 Å². The first-order valence-corrected chi connectivity index (χ1v) is 9.81. The van der Waals surface area contributed by atoms with Crippen molar-refractivity contribution in [2.24, 2.45) is 5.73 Å². The van der Waals surface area contributed by atoms with Gasteiger partial charge in [0.1, 0.15) is 0 Å². The molecule has 8 heteroatoms. The Kier molecular flexibility index (Phi) is 7.99. The Bertz CT molecular complexity index is 671. The lowest BCUT2D eigenvalue weighted by atomic mass is 9.92. The van der Waals surface area contributed by atoms with E-state index in [4.69, 9.17) is 15.2 Å². The average molecular weight is 393 g/mol. The summed E-state index contributed by atoms with van der Waals surface area (Å²) >= 11 is 0. The van der Waals surface area contributed by atoms with Crippen molar-refractivity contribution in [3.8, 4) is 11.5 Å². The molecule has 6 nitrogen and oxygen atoms in total. The number of nitrogens with one attached hydrogen (secondary N) is 1. The third-order valence-electron chi connectivity index (χ3n) is 4.68. The van der Waals surface area contributed by atoms with E-state index in [0.717, 1.165) is 25.7 Å². The second-order valence-electron chi connectivity index (χ2n) is 6.57. The largest absolute Gasteiger partial charge is 0.493 e. The van der Waals surface area contributed by atoms with Crippen molar-refractivity contribution in [1.29, 1.82) is 0 Å². The Labute approximate surface area is 156 Å². The van der Waals surface area contributed by atoms with Gasteiger partial charge in [-0.25, -0.2) is 13.1 Å². The smallest absolute Gasteiger partial charge is 0.241 e. The lowest BCUT2D eigenvalue weighted by molar-refractivity contribution is 0.353. The molecule has 0 spiro atoms. The molecule has 1 saturated carbocycles. The van der Waals surface area contributed by atoms with Crippen LogP contribution in [0.25, 0.3) is 0 Å². The highest BCUT2D eigenvalue weighted by Gasteiger charge is 2.29. The maximum atomic E-state index is 12.7. The van der Waals surface area contributed by atoms with Gasteiger partial charge in [-0.2, -0.15) is 0 Å². The van der Waals surface area contributed by atoms with Gasteiger partial charge in [0.25, 0.3) is 0 Å². The predicted molar refractivity (Wildman–Crippen MR) is 101 cm³/mol. The van der Waals surface area contributed by atoms with Crippen LogP contribution in [0.4, 0.5) is 0 Å². The van der Waals surface area contributed by atoms with Crippen LogP contribution in [0.1, 0.15) is 44.1 Å². The summed E-state index contributed by atoms with van der Waals surface area (Å²) in [7, 11) is -0.658. The van der Waals surface area contributed by atoms with Gasteiger partial charge in [0.15, 0.2) is 11.5 Å². The molecule has 1 aliphatic rings. The number of hydrogen-bond donors (Lipinski definition) is 2. The molecule has 1 aromatic rings. The molecular weight excluding hydrogens is 364 g/mol. The van der Waals surface area contributed by atoms with Crippen molar-refractivity contribution in [3.63, 3.8) is 0 Å². The van der Waals surface area contributed by atoms with Gasteiger partial charge in [-0.3, -0.25) is 0 Å². The molecule has 1 aliphatic carbocycles. The summed E-state index contributed by atoms with van der Waals surface area (Å²) < 4.78 is 38.6. The third-order valence-corrected chi connectivity index (χ3v) is 6.23. The zero-order valence-electron chi connectivity index (χ0n) is 15.1. The SMILES string of the molecule is COc1cc(C)c(S(=O)(=O)NCC2(N)CCCCCC2)cc1OC.Cl. The Hall–Kier alpha value is -1.02. The van der Waals surface area contributed by atoms with Crippen LogP contribution in [0.15, 0.2) is 17.0 Å². The number of sulfonamides is 1. The van der Waals surface area contributed by atoms with Gasteiger partial charge in [0, 0.05) is 18.2 Å². The number of hydrogen-bond acceptors (Lipinski definition) is 5. The van der Waals surface area contributed by atoms with Gasteiger partial charge in [-0.1, -0.05) is 25.7 Å². The molecule has 0 saturated heterocycles. The molecule has 0 aromatic heterocycles. The van der Waals surface area contributed by atoms with Crippen LogP contribution in [0.3, 0.4) is 0 Å². The summed E-state index contributed by atoms with van der Waals surface area (Å²) in [5, 5.41) is 0. The zero-order chi connectivity index (χ0) is 17.8. The summed E-state index contributed by atoms with van der Waals surface area (Å²) in [6, 6.07) is 3.16. The standard InChI is InChI=1S/C17H28N2O4S.ClH/c1-13-10-14(22-2)15(23-3)11-16(13)24(20,21)19-12-17(18)8-6-4-5-7-9-17;/h10-11,19H,4-9,12,18H2,1-3H3;1H. The number of benzene rings is 1. The maximum absolute atomic E-state index is 12.7. The molecule has 0 bridgehead atoms. The Morgan fingerprint density at radius 2 is 1.60 bits per heavy atom. The van der Waals surface area contributed by atoms with Crippen molar-refractivity contribution < 1.29 is 17.9 Å². The highest BCUT2D eigenvalue weighted by atomic mass is 35.5. The number of rotatable bonds is 6. The van der Waals surface area contributed by atoms with Crippen molar-refractivity contribution in [1.82, 2.24) is 4.72 Å². The van der Waals surface area contributed by atoms with E-state index in [-0.39, 0.29) is 23.8 Å². The minimum absolute atomic E-state index is 0. The summed E-state index contributed by atoms with van der Waals surface area (Å²) in [6.45, 7) is 1.99. The highest BCUT2D eigenvalue weighted by molar-refractivity contribution is 7.89. The molecule has 0 atom stereocenters. The second kappa shape index (κ2) is 9.07. The fraction of sp³-hybridized carbons (Fsp3) is 0.647. The first-order chi connectivity index (χ1) is 11.3. The third kappa shape index (κ3) is 5.48. The number of aryl methyl sites for hydroxylation is 1. The molecule has 0 radical (unpaired) electrons. The maximum Gasteiger partial charge on any atom is 0.241 e. The Morgan fingerprint density at radius 3 is 2.12 bits per heavy atom. The van der Waals surface area contributed by atoms with E-state index in [2.05, 4.69) is 4.72 Å². The van der Waals surface area contributed by atoms with Gasteiger partial charge < -0.3 is 15.2 Å². The first-order valence-electron chi connectivity index (χ1n) is 8.32. The van der Waals surface area contributed by atoms with Gasteiger partial charge in [0.2, 0.25) is 10.0 Å². The van der Waals surface area contributed by atoms with E-state index < -0.39 is 15.6 Å². The zero-order valence-corrected chi connectivity index (χ0v) is 16.8. The summed E-state index contributed by atoms with van der Waals surface area (Å²) in [5.41, 5.74) is 6.55. The second-order valence-corrected chi connectivity index (χ2v) is 8.31. The van der Waals surface area contributed by atoms with E-state index in [1.54, 1.807) is 13.0 Å². The minimum Gasteiger partial charge on any atom is -0.493 e. The van der Waals surface area contributed by atoms with E-state index >= 15 is 0 Å². The monoisotopic (exact) mass is 392 g/mol. The van der Waals surface area contributed by atoms with Crippen LogP contribution in [-0.4, -0.2) is 34.7 Å². The molecule has 0 aliphatic heterocycles. The molecule has 0 heterocycles. The first kappa shape index (κ1) is 22.0. The molecule has 2 rings (SSSR count). The van der Waals surface area contributed by atoms with E-state index in [9.17, 15) is 8.42 Å². The van der Waals surface area contributed by atoms with Gasteiger partial charge in [0.05, 0.1) is 19.1 Å². The van der Waals surface area contributed by atoms with Crippen LogP contribution in [0.2, 0.25) is 0 Å². The summed E-state index contributed by atoms with van der Waals surface area (Å²) in [5.74, 6) is 0.897. The molecule has 3 N–H and O–H groups in total. The van der Waals surface area contributed by atoms with Gasteiger partial charge >= 0.3 is 0 Å². The van der Waals surface area contributed by atoms with Gasteiger partial charge in [-0.05, 0) is 31.4 Å². The van der Waals surface area contributed by atoms with Crippen LogP contribution < -0.4 is 19.9 Å². The highest BCUT2D eigenvalue weighted by Crippen LogP contribution is 2.32. The van der Waals surface area contributed by atoms with Crippen molar-refractivity contribution in [2.75, 3.05) is 20.8 Å². The molecule has 25 heavy (non-hydrogen) atoms. The summed E-state index contributed by atoms with van der Waals surface area (Å²) in [6.07, 6.45) is 6.13. The number of methoxy groups -OCH3 is 2. The minimum atomic E-state index is -3.66. The normalized spacial score (nSPS) is 17.3. The van der Waals surface area contributed by atoms with Crippen LogP contribution in [0.5, 0.6) is 11.5 Å².